The zero-order chi connectivity index (χ0) is 15.5. The largest absolute Gasteiger partial charge is 0.343 e. The van der Waals surface area contributed by atoms with E-state index < -0.39 is 5.06 Å². The van der Waals surface area contributed by atoms with E-state index in [1.165, 1.54) is 23.8 Å². The Morgan fingerprint density at radius 1 is 1.09 bits per heavy atom. The van der Waals surface area contributed by atoms with Gasteiger partial charge in [0.25, 0.3) is 11.0 Å². The second kappa shape index (κ2) is 4.44. The number of nitrogens with zero attached hydrogens (tertiary/aromatic N) is 1. The van der Waals surface area contributed by atoms with Gasteiger partial charge in [0.2, 0.25) is 5.78 Å². The van der Waals surface area contributed by atoms with Crippen LogP contribution in [0, 0.1) is 6.92 Å². The van der Waals surface area contributed by atoms with Crippen molar-refractivity contribution in [1.82, 2.24) is 0 Å². The molecule has 2 aliphatic heterocycles. The van der Waals surface area contributed by atoms with Gasteiger partial charge in [-0.15, -0.1) is 0 Å². The summed E-state index contributed by atoms with van der Waals surface area (Å²) in [6.45, 7) is 1.96. The van der Waals surface area contributed by atoms with Crippen LogP contribution < -0.4 is 4.90 Å². The first-order valence-corrected chi connectivity index (χ1v) is 7.73. The second-order valence-electron chi connectivity index (χ2n) is 5.37. The van der Waals surface area contributed by atoms with E-state index in [1.807, 2.05) is 25.1 Å². The second-order valence-corrected chi connectivity index (χ2v) is 6.57. The minimum atomic E-state index is -1.33. The van der Waals surface area contributed by atoms with Gasteiger partial charge in [-0.2, -0.15) is 0 Å². The van der Waals surface area contributed by atoms with Crippen molar-refractivity contribution in [1.29, 1.82) is 0 Å². The first-order chi connectivity index (χ1) is 10.6. The lowest BCUT2D eigenvalue weighted by molar-refractivity contribution is 0.0421. The number of Topliss-reactive ketones (excluding diaryl/α,β-unsaturated/α-hetero) is 1. The molecule has 0 saturated carbocycles. The fraction of sp³-hybridized carbons (Fsp3) is 0.176. The molecule has 0 spiro atoms. The van der Waals surface area contributed by atoms with Crippen molar-refractivity contribution < 1.29 is 14.3 Å². The first-order valence-electron chi connectivity index (χ1n) is 6.92. The van der Waals surface area contributed by atoms with Crippen molar-refractivity contribution in [2.45, 2.75) is 16.9 Å². The van der Waals surface area contributed by atoms with Gasteiger partial charge in [-0.1, -0.05) is 36.0 Å². The first kappa shape index (κ1) is 13.5. The van der Waals surface area contributed by atoms with Crippen LogP contribution in [-0.2, 0) is 4.74 Å². The highest BCUT2D eigenvalue weighted by Crippen LogP contribution is 2.54. The Bertz CT molecular complexity index is 832. The maximum Gasteiger partial charge on any atom is 0.266 e. The van der Waals surface area contributed by atoms with Gasteiger partial charge < -0.3 is 4.74 Å². The van der Waals surface area contributed by atoms with E-state index in [0.717, 1.165) is 16.1 Å². The summed E-state index contributed by atoms with van der Waals surface area (Å²) in [6.07, 6.45) is 0. The fourth-order valence-corrected chi connectivity index (χ4v) is 4.26. The third-order valence-corrected chi connectivity index (χ3v) is 5.44. The highest BCUT2D eigenvalue weighted by molar-refractivity contribution is 8.02. The van der Waals surface area contributed by atoms with Crippen molar-refractivity contribution in [3.05, 3.63) is 59.2 Å². The molecule has 0 bridgehead atoms. The molecule has 1 unspecified atom stereocenters. The number of carbonyl (C=O) groups is 2. The number of hydrogen-bond donors (Lipinski definition) is 0. The molecule has 110 valence electrons. The summed E-state index contributed by atoms with van der Waals surface area (Å²) < 4.78 is 5.58. The van der Waals surface area contributed by atoms with Crippen LogP contribution in [0.1, 0.15) is 26.3 Å². The molecule has 4 nitrogen and oxygen atoms in total. The Kier molecular flexibility index (Phi) is 2.74. The molecule has 2 aliphatic rings. The monoisotopic (exact) mass is 311 g/mol. The van der Waals surface area contributed by atoms with Gasteiger partial charge in [-0.25, -0.2) is 0 Å². The molecule has 0 saturated heterocycles. The topological polar surface area (TPSA) is 46.6 Å². The Hall–Kier alpha value is -2.11. The minimum absolute atomic E-state index is 0.191. The maximum absolute atomic E-state index is 13.0. The molecule has 0 radical (unpaired) electrons. The molecule has 1 amide bonds. The summed E-state index contributed by atoms with van der Waals surface area (Å²) in [5.74, 6) is -0.391. The Morgan fingerprint density at radius 3 is 2.55 bits per heavy atom. The molecule has 5 heteroatoms. The number of hydrogen-bond acceptors (Lipinski definition) is 4. The third-order valence-electron chi connectivity index (χ3n) is 4.07. The number of methoxy groups -OCH3 is 1. The number of thioether (sulfide) groups is 1. The number of ether oxygens (including phenoxy) is 1. The van der Waals surface area contributed by atoms with Crippen molar-refractivity contribution in [2.75, 3.05) is 12.0 Å². The van der Waals surface area contributed by atoms with Crippen LogP contribution in [0.4, 0.5) is 5.69 Å². The number of rotatable bonds is 1. The molecule has 0 aliphatic carbocycles. The van der Waals surface area contributed by atoms with Gasteiger partial charge in [0.1, 0.15) is 0 Å². The van der Waals surface area contributed by atoms with Gasteiger partial charge >= 0.3 is 0 Å². The van der Waals surface area contributed by atoms with E-state index >= 15 is 0 Å². The molecule has 0 aromatic heterocycles. The number of fused-ring (bicyclic) bond motifs is 4. The smallest absolute Gasteiger partial charge is 0.266 e. The molecule has 2 heterocycles. The van der Waals surface area contributed by atoms with E-state index in [9.17, 15) is 9.59 Å². The van der Waals surface area contributed by atoms with E-state index in [-0.39, 0.29) is 11.7 Å². The molecule has 0 fully saturated rings. The quantitative estimate of drug-likeness (QED) is 0.811. The normalized spacial score (nSPS) is 22.4. The van der Waals surface area contributed by atoms with Gasteiger partial charge in [0, 0.05) is 17.6 Å². The number of anilines is 1. The zero-order valence-electron chi connectivity index (χ0n) is 12.1. The number of aryl methyl sites for hydroxylation is 1. The molecule has 1 atom stereocenters. The summed E-state index contributed by atoms with van der Waals surface area (Å²) in [6, 6.07) is 12.7. The van der Waals surface area contributed by atoms with E-state index in [1.54, 1.807) is 24.3 Å². The third kappa shape index (κ3) is 1.52. The maximum atomic E-state index is 13.0. The summed E-state index contributed by atoms with van der Waals surface area (Å²) >= 11 is 1.29. The van der Waals surface area contributed by atoms with Gasteiger partial charge in [0.15, 0.2) is 0 Å². The van der Waals surface area contributed by atoms with Crippen LogP contribution in [-0.4, -0.2) is 23.9 Å². The molecular formula is C17H13NO3S. The molecule has 2 aromatic carbocycles. The van der Waals surface area contributed by atoms with Gasteiger partial charge in [-0.3, -0.25) is 14.5 Å². The van der Waals surface area contributed by atoms with E-state index in [0.29, 0.717) is 11.1 Å². The number of ketones is 1. The number of benzene rings is 2. The number of amides is 1. The molecule has 2 aromatic rings. The predicted molar refractivity (Wildman–Crippen MR) is 84.4 cm³/mol. The van der Waals surface area contributed by atoms with Crippen LogP contribution in [0.2, 0.25) is 0 Å². The van der Waals surface area contributed by atoms with Crippen molar-refractivity contribution in [3.8, 4) is 0 Å². The highest BCUT2D eigenvalue weighted by atomic mass is 32.2. The highest BCUT2D eigenvalue weighted by Gasteiger charge is 2.58. The minimum Gasteiger partial charge on any atom is -0.343 e. The van der Waals surface area contributed by atoms with Crippen molar-refractivity contribution in [2.24, 2.45) is 0 Å². The average Bonchev–Trinajstić information content (AvgIpc) is 2.88. The van der Waals surface area contributed by atoms with Gasteiger partial charge in [-0.05, 0) is 30.7 Å². The molecule has 22 heavy (non-hydrogen) atoms. The zero-order valence-corrected chi connectivity index (χ0v) is 12.9. The lowest BCUT2D eigenvalue weighted by Gasteiger charge is -2.38. The summed E-state index contributed by atoms with van der Waals surface area (Å²) in [7, 11) is 1.47. The van der Waals surface area contributed by atoms with Crippen LogP contribution in [0.3, 0.4) is 0 Å². The van der Waals surface area contributed by atoms with Crippen molar-refractivity contribution in [3.63, 3.8) is 0 Å². The van der Waals surface area contributed by atoms with Crippen LogP contribution >= 0.6 is 11.8 Å². The molecular weight excluding hydrogens is 298 g/mol. The van der Waals surface area contributed by atoms with Gasteiger partial charge in [0.05, 0.1) is 11.3 Å². The van der Waals surface area contributed by atoms with E-state index in [4.69, 9.17) is 4.74 Å². The van der Waals surface area contributed by atoms with Crippen LogP contribution in [0.5, 0.6) is 0 Å². The lowest BCUT2D eigenvalue weighted by atomic mass is 9.95. The summed E-state index contributed by atoms with van der Waals surface area (Å²) in [4.78, 5) is 28.3. The Morgan fingerprint density at radius 2 is 1.82 bits per heavy atom. The Balaban J connectivity index is 2.01. The van der Waals surface area contributed by atoms with Crippen LogP contribution in [0.25, 0.3) is 0 Å². The molecule has 0 N–H and O–H groups in total. The lowest BCUT2D eigenvalue weighted by Crippen LogP contribution is -2.57. The Labute approximate surface area is 132 Å². The summed E-state index contributed by atoms with van der Waals surface area (Å²) in [5.41, 5.74) is 2.61. The average molecular weight is 311 g/mol. The summed E-state index contributed by atoms with van der Waals surface area (Å²) in [5, 5.41) is -1.33. The SMILES string of the molecule is COC12Sc3ccc(C)cc3N1C(=O)c1ccccc1C2=O. The fourth-order valence-electron chi connectivity index (χ4n) is 3.02. The van der Waals surface area contributed by atoms with Crippen LogP contribution in [0.15, 0.2) is 47.4 Å². The van der Waals surface area contributed by atoms with Crippen molar-refractivity contribution >= 4 is 29.1 Å². The number of carbonyl (C=O) groups excluding carboxylic acids is 2. The van der Waals surface area contributed by atoms with E-state index in [2.05, 4.69) is 0 Å². The predicted octanol–water partition coefficient (Wildman–Crippen LogP) is 3.24. The molecule has 4 rings (SSSR count). The standard InChI is InChI=1S/C17H13NO3S/c1-10-7-8-14-13(9-10)18-16(20)12-6-4-3-5-11(12)15(19)17(18,21-2)22-14/h3-9H,1-2H3.